The molecule has 0 aliphatic heterocycles. The third-order valence-corrected chi connectivity index (χ3v) is 4.98. The third kappa shape index (κ3) is 7.78. The molecule has 0 fully saturated rings. The summed E-state index contributed by atoms with van der Waals surface area (Å²) in [6, 6.07) is 10.1. The van der Waals surface area contributed by atoms with Crippen LogP contribution in [0.3, 0.4) is 0 Å². The summed E-state index contributed by atoms with van der Waals surface area (Å²) in [5, 5.41) is 3.43. The third-order valence-electron chi connectivity index (χ3n) is 4.24. The Kier molecular flexibility index (Phi) is 10.3. The van der Waals surface area contributed by atoms with Crippen LogP contribution in [-0.2, 0) is 17.9 Å². The van der Waals surface area contributed by atoms with Gasteiger partial charge in [-0.1, -0.05) is 41.4 Å². The van der Waals surface area contributed by atoms with Crippen LogP contribution in [0.2, 0.25) is 0 Å². The van der Waals surface area contributed by atoms with Crippen molar-refractivity contribution in [3.05, 3.63) is 57.8 Å². The van der Waals surface area contributed by atoms with Crippen molar-refractivity contribution < 1.29 is 18.6 Å². The molecule has 1 N–H and O–H groups in total. The Morgan fingerprint density at radius 3 is 2.50 bits per heavy atom. The van der Waals surface area contributed by atoms with E-state index in [4.69, 9.17) is 14.2 Å². The molecule has 0 saturated carbocycles. The molecule has 2 aromatic carbocycles. The number of methoxy groups -OCH3 is 1. The molecular weight excluding hydrogens is 425 g/mol. The number of rotatable bonds is 13. The van der Waals surface area contributed by atoms with Gasteiger partial charge >= 0.3 is 0 Å². The minimum absolute atomic E-state index is 0.256. The number of unbranched alkanes of at least 4 members (excludes halogenated alkanes) is 1. The summed E-state index contributed by atoms with van der Waals surface area (Å²) >= 11 is 3.61. The van der Waals surface area contributed by atoms with E-state index in [0.717, 1.165) is 61.2 Å². The highest BCUT2D eigenvalue weighted by Gasteiger charge is 2.11. The number of benzene rings is 2. The molecule has 0 aliphatic carbocycles. The molecule has 0 spiro atoms. The number of hydrogen-bond acceptors (Lipinski definition) is 4. The zero-order chi connectivity index (χ0) is 20.2. The van der Waals surface area contributed by atoms with Crippen molar-refractivity contribution in [2.24, 2.45) is 0 Å². The molecule has 2 rings (SSSR count). The van der Waals surface area contributed by atoms with E-state index in [2.05, 4.69) is 28.2 Å². The van der Waals surface area contributed by atoms with Gasteiger partial charge in [0.25, 0.3) is 0 Å². The maximum atomic E-state index is 13.0. The van der Waals surface area contributed by atoms with Gasteiger partial charge in [-0.05, 0) is 54.8 Å². The topological polar surface area (TPSA) is 39.7 Å². The van der Waals surface area contributed by atoms with Crippen LogP contribution < -0.4 is 14.8 Å². The highest BCUT2D eigenvalue weighted by Crippen LogP contribution is 2.34. The maximum absolute atomic E-state index is 13.0. The number of halogens is 2. The monoisotopic (exact) mass is 453 g/mol. The lowest BCUT2D eigenvalue weighted by Crippen LogP contribution is -2.17. The molecule has 0 amide bonds. The molecule has 0 saturated heterocycles. The van der Waals surface area contributed by atoms with E-state index in [9.17, 15) is 4.39 Å². The zero-order valence-electron chi connectivity index (χ0n) is 16.6. The molecule has 4 nitrogen and oxygen atoms in total. The predicted octanol–water partition coefficient (Wildman–Crippen LogP) is 5.47. The summed E-state index contributed by atoms with van der Waals surface area (Å²) in [7, 11) is 1.62. The highest BCUT2D eigenvalue weighted by atomic mass is 79.9. The molecule has 0 heterocycles. The first-order valence-electron chi connectivity index (χ1n) is 9.66. The quantitative estimate of drug-likeness (QED) is 0.408. The summed E-state index contributed by atoms with van der Waals surface area (Å²) < 4.78 is 30.9. The molecule has 0 unspecified atom stereocenters. The number of ether oxygens (including phenoxy) is 3. The van der Waals surface area contributed by atoms with E-state index < -0.39 is 0 Å². The summed E-state index contributed by atoms with van der Waals surface area (Å²) in [6.45, 7) is 5.76. The molecule has 0 atom stereocenters. The molecule has 28 heavy (non-hydrogen) atoms. The van der Waals surface area contributed by atoms with Crippen molar-refractivity contribution in [3.63, 3.8) is 0 Å². The fourth-order valence-electron chi connectivity index (χ4n) is 2.60. The van der Waals surface area contributed by atoms with Gasteiger partial charge in [-0.15, -0.1) is 0 Å². The Bertz CT molecular complexity index is 710. The lowest BCUT2D eigenvalue weighted by atomic mass is 10.2. The van der Waals surface area contributed by atoms with Crippen LogP contribution >= 0.6 is 15.9 Å². The van der Waals surface area contributed by atoms with Gasteiger partial charge < -0.3 is 19.5 Å². The van der Waals surface area contributed by atoms with Crippen LogP contribution in [0.25, 0.3) is 0 Å². The van der Waals surface area contributed by atoms with E-state index in [1.54, 1.807) is 19.2 Å². The fourth-order valence-corrected chi connectivity index (χ4v) is 3.06. The van der Waals surface area contributed by atoms with Crippen LogP contribution in [0.15, 0.2) is 40.9 Å². The lowest BCUT2D eigenvalue weighted by Gasteiger charge is -2.14. The predicted molar refractivity (Wildman–Crippen MR) is 113 cm³/mol. The SMILES string of the molecule is CCCCOCCCNCc1cc(OC)c(OCc2ccc(F)cc2)cc1Br. The van der Waals surface area contributed by atoms with E-state index >= 15 is 0 Å². The second-order valence-electron chi connectivity index (χ2n) is 6.51. The molecule has 0 aliphatic rings. The average molecular weight is 454 g/mol. The van der Waals surface area contributed by atoms with Crippen LogP contribution in [0.4, 0.5) is 4.39 Å². The number of hydrogen-bond donors (Lipinski definition) is 1. The van der Waals surface area contributed by atoms with E-state index in [1.807, 2.05) is 12.1 Å². The van der Waals surface area contributed by atoms with E-state index in [1.165, 1.54) is 12.1 Å². The normalized spacial score (nSPS) is 10.9. The van der Waals surface area contributed by atoms with Gasteiger partial charge in [0.05, 0.1) is 7.11 Å². The van der Waals surface area contributed by atoms with Gasteiger partial charge in [0.1, 0.15) is 12.4 Å². The molecular formula is C22H29BrFNO3. The first-order valence-corrected chi connectivity index (χ1v) is 10.5. The molecule has 0 bridgehead atoms. The van der Waals surface area contributed by atoms with Gasteiger partial charge in [0.15, 0.2) is 11.5 Å². The molecule has 2 aromatic rings. The Balaban J connectivity index is 1.83. The highest BCUT2D eigenvalue weighted by molar-refractivity contribution is 9.10. The first kappa shape index (κ1) is 22.7. The Labute approximate surface area is 175 Å². The van der Waals surface area contributed by atoms with Gasteiger partial charge in [-0.25, -0.2) is 4.39 Å². The van der Waals surface area contributed by atoms with Crippen molar-refractivity contribution in [1.82, 2.24) is 5.32 Å². The number of nitrogens with one attached hydrogen (secondary N) is 1. The molecule has 0 radical (unpaired) electrons. The summed E-state index contributed by atoms with van der Waals surface area (Å²) in [6.07, 6.45) is 3.27. The van der Waals surface area contributed by atoms with Crippen LogP contribution in [-0.4, -0.2) is 26.9 Å². The smallest absolute Gasteiger partial charge is 0.162 e. The maximum Gasteiger partial charge on any atom is 0.162 e. The minimum Gasteiger partial charge on any atom is -0.493 e. The Hall–Kier alpha value is -1.63. The van der Waals surface area contributed by atoms with Gasteiger partial charge in [-0.3, -0.25) is 0 Å². The summed E-state index contributed by atoms with van der Waals surface area (Å²) in [4.78, 5) is 0. The summed E-state index contributed by atoms with van der Waals surface area (Å²) in [5.74, 6) is 1.06. The van der Waals surface area contributed by atoms with Crippen LogP contribution in [0.5, 0.6) is 11.5 Å². The molecule has 154 valence electrons. The van der Waals surface area contributed by atoms with Crippen molar-refractivity contribution in [2.45, 2.75) is 39.3 Å². The average Bonchev–Trinajstić information content (AvgIpc) is 2.70. The summed E-state index contributed by atoms with van der Waals surface area (Å²) in [5.41, 5.74) is 1.99. The van der Waals surface area contributed by atoms with Crippen molar-refractivity contribution in [1.29, 1.82) is 0 Å². The Morgan fingerprint density at radius 2 is 1.79 bits per heavy atom. The second kappa shape index (κ2) is 12.8. The van der Waals surface area contributed by atoms with Gasteiger partial charge in [0, 0.05) is 24.2 Å². The van der Waals surface area contributed by atoms with Gasteiger partial charge in [-0.2, -0.15) is 0 Å². The van der Waals surface area contributed by atoms with Crippen molar-refractivity contribution in [3.8, 4) is 11.5 Å². The van der Waals surface area contributed by atoms with Gasteiger partial charge in [0.2, 0.25) is 0 Å². The van der Waals surface area contributed by atoms with Crippen LogP contribution in [0, 0.1) is 5.82 Å². The Morgan fingerprint density at radius 1 is 1.04 bits per heavy atom. The van der Waals surface area contributed by atoms with Crippen molar-refractivity contribution in [2.75, 3.05) is 26.9 Å². The largest absolute Gasteiger partial charge is 0.493 e. The standard InChI is InChI=1S/C22H29BrFNO3/c1-3-4-11-27-12-5-10-25-15-18-13-21(26-2)22(14-20(18)23)28-16-17-6-8-19(24)9-7-17/h6-9,13-14,25H,3-5,10-12,15-16H2,1-2H3. The van der Waals surface area contributed by atoms with E-state index in [-0.39, 0.29) is 5.82 Å². The molecule has 0 aromatic heterocycles. The minimum atomic E-state index is -0.256. The second-order valence-corrected chi connectivity index (χ2v) is 7.36. The zero-order valence-corrected chi connectivity index (χ0v) is 18.2. The first-order chi connectivity index (χ1) is 13.6. The fraction of sp³-hybridized carbons (Fsp3) is 0.455. The van der Waals surface area contributed by atoms with Crippen molar-refractivity contribution >= 4 is 15.9 Å². The lowest BCUT2D eigenvalue weighted by molar-refractivity contribution is 0.128. The van der Waals surface area contributed by atoms with Crippen LogP contribution in [0.1, 0.15) is 37.3 Å². The van der Waals surface area contributed by atoms with E-state index in [0.29, 0.717) is 18.1 Å². The molecule has 6 heteroatoms.